The highest BCUT2D eigenvalue weighted by molar-refractivity contribution is 9.10. The number of nitrogens with zero attached hydrogens (tertiary/aromatic N) is 2. The normalized spacial score (nSPS) is 10.6. The van der Waals surface area contributed by atoms with E-state index in [0.717, 1.165) is 32.8 Å². The molecule has 4 nitrogen and oxygen atoms in total. The molecule has 1 aromatic heterocycles. The lowest BCUT2D eigenvalue weighted by Gasteiger charge is -2.13. The van der Waals surface area contributed by atoms with Gasteiger partial charge in [0.25, 0.3) is 0 Å². The molecule has 134 valence electrons. The van der Waals surface area contributed by atoms with Gasteiger partial charge in [-0.2, -0.15) is 5.10 Å². The third-order valence-electron chi connectivity index (χ3n) is 3.80. The Morgan fingerprint density at radius 2 is 1.96 bits per heavy atom. The summed E-state index contributed by atoms with van der Waals surface area (Å²) in [7, 11) is 0. The summed E-state index contributed by atoms with van der Waals surface area (Å²) < 4.78 is 2.91. The average Bonchev–Trinajstić information content (AvgIpc) is 2.88. The fourth-order valence-electron chi connectivity index (χ4n) is 2.63. The number of nitrogens with one attached hydrogen (secondary N) is 2. The summed E-state index contributed by atoms with van der Waals surface area (Å²) in [6.45, 7) is 4.77. The van der Waals surface area contributed by atoms with Crippen LogP contribution < -0.4 is 10.6 Å². The van der Waals surface area contributed by atoms with Crippen LogP contribution in [0.5, 0.6) is 0 Å². The van der Waals surface area contributed by atoms with Gasteiger partial charge < -0.3 is 10.6 Å². The monoisotopic (exact) mass is 448 g/mol. The molecule has 0 spiro atoms. The van der Waals surface area contributed by atoms with Gasteiger partial charge in [-0.05, 0) is 68.0 Å². The lowest BCUT2D eigenvalue weighted by molar-refractivity contribution is 0.659. The van der Waals surface area contributed by atoms with Crippen molar-refractivity contribution in [2.45, 2.75) is 20.4 Å². The molecule has 0 aliphatic rings. The van der Waals surface area contributed by atoms with Crippen molar-refractivity contribution in [1.82, 2.24) is 9.78 Å². The zero-order valence-electron chi connectivity index (χ0n) is 14.4. The Morgan fingerprint density at radius 3 is 2.65 bits per heavy atom. The molecule has 0 saturated carbocycles. The molecular formula is C19H18BrClN4S. The Balaban J connectivity index is 1.68. The lowest BCUT2D eigenvalue weighted by atomic mass is 10.2. The van der Waals surface area contributed by atoms with Crippen LogP contribution in [0.15, 0.2) is 53.0 Å². The van der Waals surface area contributed by atoms with Crippen molar-refractivity contribution >= 4 is 56.2 Å². The number of aromatic nitrogens is 2. The molecule has 1 heterocycles. The summed E-state index contributed by atoms with van der Waals surface area (Å²) in [5.41, 5.74) is 4.98. The van der Waals surface area contributed by atoms with E-state index in [-0.39, 0.29) is 0 Å². The molecule has 2 N–H and O–H groups in total. The minimum Gasteiger partial charge on any atom is -0.332 e. The summed E-state index contributed by atoms with van der Waals surface area (Å²) in [5, 5.41) is 11.9. The second kappa shape index (κ2) is 8.20. The van der Waals surface area contributed by atoms with Crippen molar-refractivity contribution in [2.75, 3.05) is 10.6 Å². The average molecular weight is 450 g/mol. The number of halogens is 2. The zero-order valence-corrected chi connectivity index (χ0v) is 17.5. The first kappa shape index (κ1) is 18.9. The molecule has 0 bridgehead atoms. The van der Waals surface area contributed by atoms with Crippen molar-refractivity contribution in [1.29, 1.82) is 0 Å². The Bertz CT molecular complexity index is 954. The number of rotatable bonds is 4. The number of hydrogen-bond donors (Lipinski definition) is 2. The molecule has 0 aliphatic heterocycles. The van der Waals surface area contributed by atoms with Crippen LogP contribution in [0.25, 0.3) is 0 Å². The van der Waals surface area contributed by atoms with Crippen LogP contribution in [0.4, 0.5) is 11.4 Å². The van der Waals surface area contributed by atoms with Gasteiger partial charge in [0.2, 0.25) is 0 Å². The largest absolute Gasteiger partial charge is 0.332 e. The molecule has 0 amide bonds. The number of anilines is 2. The smallest absolute Gasteiger partial charge is 0.175 e. The van der Waals surface area contributed by atoms with Gasteiger partial charge in [-0.25, -0.2) is 0 Å². The maximum Gasteiger partial charge on any atom is 0.175 e. The summed E-state index contributed by atoms with van der Waals surface area (Å²) in [6.07, 6.45) is 0. The number of thiocarbonyl (C=S) groups is 1. The van der Waals surface area contributed by atoms with Gasteiger partial charge in [-0.3, -0.25) is 4.68 Å². The number of aryl methyl sites for hydroxylation is 2. The van der Waals surface area contributed by atoms with Crippen molar-refractivity contribution in [3.8, 4) is 0 Å². The maximum atomic E-state index is 6.22. The minimum atomic E-state index is 0.484. The van der Waals surface area contributed by atoms with E-state index < -0.39 is 0 Å². The highest BCUT2D eigenvalue weighted by Crippen LogP contribution is 2.26. The first-order chi connectivity index (χ1) is 12.4. The van der Waals surface area contributed by atoms with E-state index in [2.05, 4.69) is 56.8 Å². The van der Waals surface area contributed by atoms with E-state index in [9.17, 15) is 0 Å². The summed E-state index contributed by atoms with van der Waals surface area (Å²) in [6, 6.07) is 15.8. The van der Waals surface area contributed by atoms with Crippen molar-refractivity contribution in [2.24, 2.45) is 0 Å². The van der Waals surface area contributed by atoms with Crippen LogP contribution in [-0.4, -0.2) is 14.9 Å². The third kappa shape index (κ3) is 4.84. The SMILES string of the molecule is Cc1cc(C)n(Cc2cccc(NC(=S)Nc3ccc(Br)cc3Cl)c2)n1. The topological polar surface area (TPSA) is 41.9 Å². The fraction of sp³-hybridized carbons (Fsp3) is 0.158. The molecule has 0 radical (unpaired) electrons. The molecule has 3 aromatic rings. The Hall–Kier alpha value is -1.89. The van der Waals surface area contributed by atoms with Gasteiger partial charge in [0.05, 0.1) is 22.9 Å². The van der Waals surface area contributed by atoms with Gasteiger partial charge in [0, 0.05) is 15.9 Å². The highest BCUT2D eigenvalue weighted by Gasteiger charge is 2.06. The van der Waals surface area contributed by atoms with E-state index in [1.165, 1.54) is 0 Å². The molecule has 0 saturated heterocycles. The zero-order chi connectivity index (χ0) is 18.7. The highest BCUT2D eigenvalue weighted by atomic mass is 79.9. The molecule has 0 atom stereocenters. The van der Waals surface area contributed by atoms with Crippen LogP contribution in [-0.2, 0) is 6.54 Å². The first-order valence-corrected chi connectivity index (χ1v) is 9.62. The van der Waals surface area contributed by atoms with E-state index in [1.807, 2.05) is 41.9 Å². The predicted octanol–water partition coefficient (Wildman–Crippen LogP) is 5.77. The van der Waals surface area contributed by atoms with E-state index >= 15 is 0 Å². The van der Waals surface area contributed by atoms with Crippen LogP contribution in [0.3, 0.4) is 0 Å². The molecule has 26 heavy (non-hydrogen) atoms. The van der Waals surface area contributed by atoms with Crippen LogP contribution >= 0.6 is 39.7 Å². The van der Waals surface area contributed by atoms with Crippen molar-refractivity contribution in [3.05, 3.63) is 75.0 Å². The molecular weight excluding hydrogens is 432 g/mol. The van der Waals surface area contributed by atoms with Crippen LogP contribution in [0.1, 0.15) is 17.0 Å². The Kier molecular flexibility index (Phi) is 5.96. The van der Waals surface area contributed by atoms with Gasteiger partial charge in [-0.1, -0.05) is 39.7 Å². The summed E-state index contributed by atoms with van der Waals surface area (Å²) in [4.78, 5) is 0. The van der Waals surface area contributed by atoms with Gasteiger partial charge in [-0.15, -0.1) is 0 Å². The van der Waals surface area contributed by atoms with Gasteiger partial charge >= 0.3 is 0 Å². The van der Waals surface area contributed by atoms with Gasteiger partial charge in [0.15, 0.2) is 5.11 Å². The van der Waals surface area contributed by atoms with Crippen molar-refractivity contribution in [3.63, 3.8) is 0 Å². The number of benzene rings is 2. The summed E-state index contributed by atoms with van der Waals surface area (Å²) >= 11 is 15.0. The number of hydrogen-bond acceptors (Lipinski definition) is 2. The van der Waals surface area contributed by atoms with Crippen molar-refractivity contribution < 1.29 is 0 Å². The second-order valence-electron chi connectivity index (χ2n) is 5.99. The van der Waals surface area contributed by atoms with Crippen LogP contribution in [0.2, 0.25) is 5.02 Å². The predicted molar refractivity (Wildman–Crippen MR) is 116 cm³/mol. The van der Waals surface area contributed by atoms with E-state index in [4.69, 9.17) is 23.8 Å². The lowest BCUT2D eigenvalue weighted by Crippen LogP contribution is -2.19. The molecule has 0 fully saturated rings. The maximum absolute atomic E-state index is 6.22. The van der Waals surface area contributed by atoms with E-state index in [1.54, 1.807) is 0 Å². The molecule has 2 aromatic carbocycles. The molecule has 0 unspecified atom stereocenters. The molecule has 3 rings (SSSR count). The minimum absolute atomic E-state index is 0.484. The fourth-order valence-corrected chi connectivity index (χ4v) is 3.58. The third-order valence-corrected chi connectivity index (χ3v) is 4.81. The standard InChI is InChI=1S/C19H18BrClN4S/c1-12-8-13(2)25(24-12)11-14-4-3-5-16(9-14)22-19(26)23-18-7-6-15(20)10-17(18)21/h3-10H,11H2,1-2H3,(H2,22,23,26). The van der Waals surface area contributed by atoms with Crippen LogP contribution in [0, 0.1) is 13.8 Å². The Morgan fingerprint density at radius 1 is 1.15 bits per heavy atom. The molecule has 7 heteroatoms. The van der Waals surface area contributed by atoms with E-state index in [0.29, 0.717) is 16.7 Å². The quantitative estimate of drug-likeness (QED) is 0.496. The second-order valence-corrected chi connectivity index (χ2v) is 7.72. The summed E-state index contributed by atoms with van der Waals surface area (Å²) in [5.74, 6) is 0. The Labute approximate surface area is 171 Å². The van der Waals surface area contributed by atoms with Gasteiger partial charge in [0.1, 0.15) is 0 Å². The first-order valence-electron chi connectivity index (χ1n) is 8.04. The molecule has 0 aliphatic carbocycles.